The quantitative estimate of drug-likeness (QED) is 0.711. The number of phenolic OH excluding ortho intramolecular Hbond substituents is 1. The molecule has 1 aromatic rings. The zero-order valence-corrected chi connectivity index (χ0v) is 7.43. The Hall–Kier alpha value is -0.780. The summed E-state index contributed by atoms with van der Waals surface area (Å²) in [6.07, 6.45) is 0. The third-order valence-corrected chi connectivity index (χ3v) is 2.50. The van der Waals surface area contributed by atoms with Crippen molar-refractivity contribution in [2.24, 2.45) is 5.14 Å². The van der Waals surface area contributed by atoms with Crippen LogP contribution in [0.4, 0.5) is 0 Å². The van der Waals surface area contributed by atoms with Crippen LogP contribution in [0.5, 0.6) is 5.75 Å². The van der Waals surface area contributed by atoms with Gasteiger partial charge in [-0.3, -0.25) is 0 Å². The van der Waals surface area contributed by atoms with Gasteiger partial charge in [-0.25, -0.2) is 13.6 Å². The number of rotatable bonds is 1. The molecular formula is C6H6ClNO3S. The van der Waals surface area contributed by atoms with Crippen molar-refractivity contribution in [3.05, 3.63) is 23.2 Å². The van der Waals surface area contributed by atoms with Gasteiger partial charge in [-0.15, -0.1) is 0 Å². The number of para-hydroxylation sites is 1. The Labute approximate surface area is 74.6 Å². The van der Waals surface area contributed by atoms with Crippen LogP contribution in [-0.4, -0.2) is 13.5 Å². The van der Waals surface area contributed by atoms with E-state index in [2.05, 4.69) is 0 Å². The van der Waals surface area contributed by atoms with Gasteiger partial charge >= 0.3 is 0 Å². The third-order valence-electron chi connectivity index (χ3n) is 1.26. The van der Waals surface area contributed by atoms with Crippen LogP contribution in [0, 0.1) is 0 Å². The van der Waals surface area contributed by atoms with E-state index in [1.807, 2.05) is 0 Å². The van der Waals surface area contributed by atoms with Crippen molar-refractivity contribution < 1.29 is 13.5 Å². The summed E-state index contributed by atoms with van der Waals surface area (Å²) in [5.74, 6) is -0.512. The molecule has 0 amide bonds. The van der Waals surface area contributed by atoms with Crippen LogP contribution in [-0.2, 0) is 10.0 Å². The van der Waals surface area contributed by atoms with Gasteiger partial charge in [0, 0.05) is 0 Å². The van der Waals surface area contributed by atoms with E-state index in [4.69, 9.17) is 21.8 Å². The number of benzene rings is 1. The number of nitrogens with two attached hydrogens (primary N) is 1. The molecule has 1 rings (SSSR count). The average Bonchev–Trinajstić information content (AvgIpc) is 1.92. The lowest BCUT2D eigenvalue weighted by Crippen LogP contribution is -2.12. The summed E-state index contributed by atoms with van der Waals surface area (Å²) in [6, 6.07) is 3.93. The van der Waals surface area contributed by atoms with Gasteiger partial charge in [0.1, 0.15) is 4.90 Å². The first kappa shape index (κ1) is 9.31. The third kappa shape index (κ3) is 1.69. The van der Waals surface area contributed by atoms with Gasteiger partial charge < -0.3 is 5.11 Å². The number of aromatic hydroxyl groups is 1. The minimum absolute atomic E-state index is 0.0403. The monoisotopic (exact) mass is 207 g/mol. The van der Waals surface area contributed by atoms with Gasteiger partial charge in [0.15, 0.2) is 5.75 Å². The summed E-state index contributed by atoms with van der Waals surface area (Å²) in [4.78, 5) is -0.366. The highest BCUT2D eigenvalue weighted by Gasteiger charge is 2.14. The second-order valence-electron chi connectivity index (χ2n) is 2.13. The first-order valence-corrected chi connectivity index (χ1v) is 4.85. The minimum atomic E-state index is -3.89. The fourth-order valence-corrected chi connectivity index (χ4v) is 1.60. The van der Waals surface area contributed by atoms with Crippen LogP contribution < -0.4 is 5.14 Å². The highest BCUT2D eigenvalue weighted by atomic mass is 35.5. The summed E-state index contributed by atoms with van der Waals surface area (Å²) in [7, 11) is -3.89. The van der Waals surface area contributed by atoms with Crippen molar-refractivity contribution in [2.75, 3.05) is 0 Å². The maximum Gasteiger partial charge on any atom is 0.241 e. The van der Waals surface area contributed by atoms with E-state index in [9.17, 15) is 8.42 Å². The van der Waals surface area contributed by atoms with E-state index >= 15 is 0 Å². The highest BCUT2D eigenvalue weighted by Crippen LogP contribution is 2.29. The summed E-state index contributed by atoms with van der Waals surface area (Å²) in [5, 5.41) is 13.9. The molecule has 0 aliphatic carbocycles. The van der Waals surface area contributed by atoms with Gasteiger partial charge in [-0.2, -0.15) is 0 Å². The van der Waals surface area contributed by atoms with E-state index in [1.165, 1.54) is 18.2 Å². The predicted octanol–water partition coefficient (Wildman–Crippen LogP) is 0.693. The molecule has 12 heavy (non-hydrogen) atoms. The summed E-state index contributed by atoms with van der Waals surface area (Å²) in [5.41, 5.74) is 0. The topological polar surface area (TPSA) is 80.4 Å². The highest BCUT2D eigenvalue weighted by molar-refractivity contribution is 7.89. The zero-order valence-electron chi connectivity index (χ0n) is 5.86. The molecule has 1 aromatic carbocycles. The number of hydrogen-bond donors (Lipinski definition) is 2. The van der Waals surface area contributed by atoms with Crippen LogP contribution in [0.1, 0.15) is 0 Å². The predicted molar refractivity (Wildman–Crippen MR) is 44.5 cm³/mol. The molecule has 0 aliphatic rings. The second-order valence-corrected chi connectivity index (χ2v) is 4.07. The normalized spacial score (nSPS) is 11.5. The summed E-state index contributed by atoms with van der Waals surface area (Å²) < 4.78 is 21.5. The first-order valence-electron chi connectivity index (χ1n) is 2.93. The lowest BCUT2D eigenvalue weighted by atomic mass is 10.3. The van der Waals surface area contributed by atoms with Gasteiger partial charge in [0.05, 0.1) is 5.02 Å². The Morgan fingerprint density at radius 2 is 2.00 bits per heavy atom. The van der Waals surface area contributed by atoms with E-state index in [0.29, 0.717) is 0 Å². The molecule has 0 unspecified atom stereocenters. The molecule has 0 bridgehead atoms. The average molecular weight is 208 g/mol. The van der Waals surface area contributed by atoms with E-state index < -0.39 is 15.8 Å². The maximum atomic E-state index is 10.8. The number of phenols is 1. The second kappa shape index (κ2) is 2.93. The molecule has 0 spiro atoms. The lowest BCUT2D eigenvalue weighted by molar-refractivity contribution is 0.459. The summed E-state index contributed by atoms with van der Waals surface area (Å²) in [6.45, 7) is 0. The van der Waals surface area contributed by atoms with E-state index in [-0.39, 0.29) is 9.92 Å². The minimum Gasteiger partial charge on any atom is -0.505 e. The Balaban J connectivity index is 3.47. The van der Waals surface area contributed by atoms with Crippen molar-refractivity contribution in [1.29, 1.82) is 0 Å². The van der Waals surface area contributed by atoms with Crippen molar-refractivity contribution in [2.45, 2.75) is 4.90 Å². The SMILES string of the molecule is NS(=O)(=O)c1cccc(Cl)c1O. The molecular weight excluding hydrogens is 202 g/mol. The standard InChI is InChI=1S/C6H6ClNO3S/c7-4-2-1-3-5(6(4)9)12(8,10)11/h1-3,9H,(H2,8,10,11). The van der Waals surface area contributed by atoms with E-state index in [0.717, 1.165) is 0 Å². The molecule has 0 saturated heterocycles. The number of primary sulfonamides is 1. The van der Waals surface area contributed by atoms with Crippen LogP contribution in [0.2, 0.25) is 5.02 Å². The molecule has 0 aromatic heterocycles. The summed E-state index contributed by atoms with van der Waals surface area (Å²) >= 11 is 5.45. The van der Waals surface area contributed by atoms with Gasteiger partial charge in [-0.05, 0) is 12.1 Å². The Kier molecular flexibility index (Phi) is 2.27. The molecule has 0 radical (unpaired) electrons. The van der Waals surface area contributed by atoms with Gasteiger partial charge in [0.2, 0.25) is 10.0 Å². The molecule has 0 fully saturated rings. The molecule has 66 valence electrons. The van der Waals surface area contributed by atoms with Gasteiger partial charge in [0.25, 0.3) is 0 Å². The number of hydrogen-bond acceptors (Lipinski definition) is 3. The smallest absolute Gasteiger partial charge is 0.241 e. The fourth-order valence-electron chi connectivity index (χ4n) is 0.725. The van der Waals surface area contributed by atoms with E-state index in [1.54, 1.807) is 0 Å². The van der Waals surface area contributed by atoms with Crippen molar-refractivity contribution in [1.82, 2.24) is 0 Å². The Morgan fingerprint density at radius 1 is 1.42 bits per heavy atom. The fraction of sp³-hybridized carbons (Fsp3) is 0. The Morgan fingerprint density at radius 3 is 2.42 bits per heavy atom. The first-order chi connectivity index (χ1) is 5.43. The number of halogens is 1. The van der Waals surface area contributed by atoms with Crippen molar-refractivity contribution in [3.63, 3.8) is 0 Å². The zero-order chi connectivity index (χ0) is 9.35. The largest absolute Gasteiger partial charge is 0.505 e. The molecule has 0 saturated carbocycles. The Bertz CT molecular complexity index is 401. The van der Waals surface area contributed by atoms with Crippen LogP contribution >= 0.6 is 11.6 Å². The van der Waals surface area contributed by atoms with Crippen LogP contribution in [0.15, 0.2) is 23.1 Å². The molecule has 4 nitrogen and oxygen atoms in total. The van der Waals surface area contributed by atoms with Crippen LogP contribution in [0.25, 0.3) is 0 Å². The molecule has 0 atom stereocenters. The van der Waals surface area contributed by atoms with Crippen molar-refractivity contribution >= 4 is 21.6 Å². The van der Waals surface area contributed by atoms with Crippen LogP contribution in [0.3, 0.4) is 0 Å². The maximum absolute atomic E-state index is 10.8. The molecule has 3 N–H and O–H groups in total. The number of sulfonamides is 1. The van der Waals surface area contributed by atoms with Gasteiger partial charge in [-0.1, -0.05) is 17.7 Å². The molecule has 0 aliphatic heterocycles. The van der Waals surface area contributed by atoms with Crippen molar-refractivity contribution in [3.8, 4) is 5.75 Å². The molecule has 0 heterocycles. The lowest BCUT2D eigenvalue weighted by Gasteiger charge is -2.01. The molecule has 6 heteroatoms.